The third-order valence-corrected chi connectivity index (χ3v) is 5.97. The fourth-order valence-electron chi connectivity index (χ4n) is 3.52. The Morgan fingerprint density at radius 3 is 3.15 bits per heavy atom. The van der Waals surface area contributed by atoms with E-state index >= 15 is 0 Å². The zero-order valence-electron chi connectivity index (χ0n) is 14.4. The topological polar surface area (TPSA) is 96.3 Å². The summed E-state index contributed by atoms with van der Waals surface area (Å²) in [6.07, 6.45) is 2.60. The minimum Gasteiger partial charge on any atom is -0.493 e. The van der Waals surface area contributed by atoms with Crippen molar-refractivity contribution in [2.75, 3.05) is 17.7 Å². The van der Waals surface area contributed by atoms with E-state index in [0.717, 1.165) is 29.2 Å². The standard InChI is InChI=1S/C19H19N5OS/c1-19-13(11-26-18(21)24-19)6-8-25-16-5-4-14(9-15(16)19)23-17-12(10-20)3-2-7-22-17/h2-5,7,9,13H,6,8,11H2,1H3,(H2,21,24)(H,22,23). The fraction of sp³-hybridized carbons (Fsp3) is 0.316. The number of ether oxygens (including phenoxy) is 1. The first-order valence-corrected chi connectivity index (χ1v) is 9.46. The first kappa shape index (κ1) is 16.7. The van der Waals surface area contributed by atoms with Crippen LogP contribution in [-0.2, 0) is 5.54 Å². The summed E-state index contributed by atoms with van der Waals surface area (Å²) in [7, 11) is 0. The van der Waals surface area contributed by atoms with E-state index < -0.39 is 5.54 Å². The van der Waals surface area contributed by atoms with Gasteiger partial charge in [0.15, 0.2) is 5.17 Å². The number of nitrogens with two attached hydrogens (primary N) is 1. The van der Waals surface area contributed by atoms with Crippen molar-refractivity contribution in [1.82, 2.24) is 4.98 Å². The van der Waals surface area contributed by atoms with Crippen molar-refractivity contribution in [3.05, 3.63) is 47.7 Å². The van der Waals surface area contributed by atoms with Gasteiger partial charge in [0.25, 0.3) is 0 Å². The van der Waals surface area contributed by atoms with Gasteiger partial charge in [-0.3, -0.25) is 4.99 Å². The number of anilines is 2. The van der Waals surface area contributed by atoms with Crippen LogP contribution in [0, 0.1) is 17.2 Å². The summed E-state index contributed by atoms with van der Waals surface area (Å²) in [5, 5.41) is 13.1. The monoisotopic (exact) mass is 365 g/mol. The lowest BCUT2D eigenvalue weighted by Gasteiger charge is -2.36. The highest BCUT2D eigenvalue weighted by atomic mass is 32.2. The minimum absolute atomic E-state index is 0.362. The third-order valence-electron chi connectivity index (χ3n) is 5.01. The molecule has 2 atom stereocenters. The van der Waals surface area contributed by atoms with Crippen LogP contribution in [0.2, 0.25) is 0 Å². The number of nitriles is 1. The molecule has 0 aliphatic carbocycles. The molecule has 0 saturated heterocycles. The largest absolute Gasteiger partial charge is 0.493 e. The number of fused-ring (bicyclic) bond motifs is 3. The molecule has 2 aliphatic rings. The molecule has 2 aliphatic heterocycles. The lowest BCUT2D eigenvalue weighted by Crippen LogP contribution is -2.37. The lowest BCUT2D eigenvalue weighted by atomic mass is 9.79. The van der Waals surface area contributed by atoms with Crippen molar-refractivity contribution in [1.29, 1.82) is 5.26 Å². The molecule has 0 bridgehead atoms. The molecule has 7 heteroatoms. The number of hydrogen-bond acceptors (Lipinski definition) is 7. The Morgan fingerprint density at radius 2 is 2.31 bits per heavy atom. The number of aliphatic imine (C=N–C) groups is 1. The Kier molecular flexibility index (Phi) is 4.21. The SMILES string of the molecule is CC12N=C(N)SCC1CCOc1ccc(Nc3ncccc3C#N)cc12. The van der Waals surface area contributed by atoms with Gasteiger partial charge in [0.1, 0.15) is 17.6 Å². The molecule has 132 valence electrons. The lowest BCUT2D eigenvalue weighted by molar-refractivity contribution is 0.271. The van der Waals surface area contributed by atoms with Crippen LogP contribution in [0.4, 0.5) is 11.5 Å². The van der Waals surface area contributed by atoms with Gasteiger partial charge in [0.2, 0.25) is 0 Å². The first-order valence-electron chi connectivity index (χ1n) is 8.48. The highest BCUT2D eigenvalue weighted by molar-refractivity contribution is 8.13. The summed E-state index contributed by atoms with van der Waals surface area (Å²) in [4.78, 5) is 9.07. The maximum Gasteiger partial charge on any atom is 0.154 e. The second kappa shape index (κ2) is 6.54. The number of aromatic nitrogens is 1. The van der Waals surface area contributed by atoms with Crippen LogP contribution in [0.1, 0.15) is 24.5 Å². The van der Waals surface area contributed by atoms with Crippen LogP contribution in [0.15, 0.2) is 41.5 Å². The molecule has 1 aromatic carbocycles. The van der Waals surface area contributed by atoms with Gasteiger partial charge in [-0.25, -0.2) is 4.98 Å². The smallest absolute Gasteiger partial charge is 0.154 e. The Labute approximate surface area is 156 Å². The van der Waals surface area contributed by atoms with Crippen molar-refractivity contribution >= 4 is 28.4 Å². The molecule has 3 heterocycles. The normalized spacial score (nSPS) is 24.2. The molecule has 2 unspecified atom stereocenters. The van der Waals surface area contributed by atoms with Gasteiger partial charge in [-0.2, -0.15) is 5.26 Å². The van der Waals surface area contributed by atoms with Gasteiger partial charge < -0.3 is 15.8 Å². The molecule has 3 N–H and O–H groups in total. The zero-order chi connectivity index (χ0) is 18.1. The van der Waals surface area contributed by atoms with Gasteiger partial charge in [-0.1, -0.05) is 11.8 Å². The fourth-order valence-corrected chi connectivity index (χ4v) is 4.63. The zero-order valence-corrected chi connectivity index (χ0v) is 15.2. The molecule has 0 fully saturated rings. The minimum atomic E-state index is -0.416. The number of pyridine rings is 1. The summed E-state index contributed by atoms with van der Waals surface area (Å²) >= 11 is 1.61. The summed E-state index contributed by atoms with van der Waals surface area (Å²) in [6, 6.07) is 11.6. The molecular weight excluding hydrogens is 346 g/mol. The van der Waals surface area contributed by atoms with E-state index in [4.69, 9.17) is 15.5 Å². The van der Waals surface area contributed by atoms with Crippen molar-refractivity contribution < 1.29 is 4.74 Å². The van der Waals surface area contributed by atoms with Gasteiger partial charge in [-0.15, -0.1) is 0 Å². The van der Waals surface area contributed by atoms with Gasteiger partial charge in [-0.05, 0) is 43.7 Å². The predicted molar refractivity (Wildman–Crippen MR) is 104 cm³/mol. The average molecular weight is 365 g/mol. The van der Waals surface area contributed by atoms with Crippen LogP contribution in [-0.4, -0.2) is 22.5 Å². The molecule has 26 heavy (non-hydrogen) atoms. The molecule has 0 saturated carbocycles. The van der Waals surface area contributed by atoms with Crippen molar-refractivity contribution in [2.45, 2.75) is 18.9 Å². The number of amidine groups is 1. The van der Waals surface area contributed by atoms with Crippen LogP contribution in [0.5, 0.6) is 5.75 Å². The van der Waals surface area contributed by atoms with E-state index in [1.807, 2.05) is 18.2 Å². The number of thioether (sulfide) groups is 1. The Balaban J connectivity index is 1.77. The van der Waals surface area contributed by atoms with Gasteiger partial charge >= 0.3 is 0 Å². The Bertz CT molecular complexity index is 922. The first-order chi connectivity index (χ1) is 12.6. The van der Waals surface area contributed by atoms with E-state index in [0.29, 0.717) is 29.1 Å². The second-order valence-corrected chi connectivity index (χ2v) is 7.63. The average Bonchev–Trinajstić information content (AvgIpc) is 2.78. The van der Waals surface area contributed by atoms with Gasteiger partial charge in [0, 0.05) is 29.1 Å². The summed E-state index contributed by atoms with van der Waals surface area (Å²) in [5.41, 5.74) is 7.99. The molecule has 0 spiro atoms. The quantitative estimate of drug-likeness (QED) is 0.847. The molecule has 1 aromatic heterocycles. The van der Waals surface area contributed by atoms with Crippen LogP contribution >= 0.6 is 11.8 Å². The molecule has 0 amide bonds. The van der Waals surface area contributed by atoms with Crippen LogP contribution in [0.25, 0.3) is 0 Å². The molecule has 2 aromatic rings. The Morgan fingerprint density at radius 1 is 1.42 bits per heavy atom. The number of hydrogen-bond donors (Lipinski definition) is 2. The molecular formula is C19H19N5OS. The summed E-state index contributed by atoms with van der Waals surface area (Å²) in [5.74, 6) is 2.67. The molecule has 0 radical (unpaired) electrons. The van der Waals surface area contributed by atoms with Crippen molar-refractivity contribution in [3.8, 4) is 11.8 Å². The highest BCUT2D eigenvalue weighted by Gasteiger charge is 2.42. The number of benzene rings is 1. The van der Waals surface area contributed by atoms with E-state index in [2.05, 4.69) is 23.3 Å². The van der Waals surface area contributed by atoms with E-state index in [1.54, 1.807) is 30.1 Å². The summed E-state index contributed by atoms with van der Waals surface area (Å²) < 4.78 is 5.98. The maximum atomic E-state index is 9.27. The van der Waals surface area contributed by atoms with Crippen LogP contribution < -0.4 is 15.8 Å². The van der Waals surface area contributed by atoms with E-state index in [9.17, 15) is 5.26 Å². The second-order valence-electron chi connectivity index (χ2n) is 6.59. The van der Waals surface area contributed by atoms with E-state index in [-0.39, 0.29) is 0 Å². The van der Waals surface area contributed by atoms with Crippen molar-refractivity contribution in [2.24, 2.45) is 16.6 Å². The predicted octanol–water partition coefficient (Wildman–Crippen LogP) is 3.37. The highest BCUT2D eigenvalue weighted by Crippen LogP contribution is 2.47. The number of nitrogens with one attached hydrogen (secondary N) is 1. The van der Waals surface area contributed by atoms with Crippen LogP contribution in [0.3, 0.4) is 0 Å². The number of rotatable bonds is 2. The molecule has 4 rings (SSSR count). The Hall–Kier alpha value is -2.72. The molecule has 6 nitrogen and oxygen atoms in total. The van der Waals surface area contributed by atoms with Crippen molar-refractivity contribution in [3.63, 3.8) is 0 Å². The summed E-state index contributed by atoms with van der Waals surface area (Å²) in [6.45, 7) is 2.80. The van der Waals surface area contributed by atoms with Gasteiger partial charge in [0.05, 0.1) is 17.7 Å². The third kappa shape index (κ3) is 2.86. The number of nitrogens with zero attached hydrogens (tertiary/aromatic N) is 3. The maximum absolute atomic E-state index is 9.27. The van der Waals surface area contributed by atoms with E-state index in [1.165, 1.54) is 0 Å².